The van der Waals surface area contributed by atoms with Crippen LogP contribution in [0.1, 0.15) is 102 Å². The van der Waals surface area contributed by atoms with Crippen LogP contribution in [0.25, 0.3) is 0 Å². The third kappa shape index (κ3) is 12.8. The lowest BCUT2D eigenvalue weighted by Crippen LogP contribution is -2.31. The first-order chi connectivity index (χ1) is 19.2. The summed E-state index contributed by atoms with van der Waals surface area (Å²) in [5, 5.41) is 0. The summed E-state index contributed by atoms with van der Waals surface area (Å²) in [5.74, 6) is 2.66. The smallest absolute Gasteiger partial charge is 0.119 e. The van der Waals surface area contributed by atoms with Crippen LogP contribution in [0.2, 0.25) is 0 Å². The van der Waals surface area contributed by atoms with Gasteiger partial charge in [-0.2, -0.15) is 0 Å². The molecule has 2 aromatic rings. The third-order valence-corrected chi connectivity index (χ3v) is 8.20. The molecule has 2 aliphatic rings. The summed E-state index contributed by atoms with van der Waals surface area (Å²) >= 11 is 0. The number of likely N-dealkylation sites (tertiary alicyclic amines) is 2. The van der Waals surface area contributed by atoms with Gasteiger partial charge in [0.2, 0.25) is 0 Å². The van der Waals surface area contributed by atoms with Crippen LogP contribution in [-0.2, 0) is 6.42 Å². The molecule has 1 atom stereocenters. The number of piperidine rings is 2. The zero-order chi connectivity index (χ0) is 27.5. The zero-order valence-corrected chi connectivity index (χ0v) is 25.3. The average Bonchev–Trinajstić information content (AvgIpc) is 3.00. The second kappa shape index (κ2) is 19.1. The molecule has 2 saturated heterocycles. The van der Waals surface area contributed by atoms with E-state index < -0.39 is 0 Å². The fourth-order valence-corrected chi connectivity index (χ4v) is 5.49. The van der Waals surface area contributed by atoms with Crippen LogP contribution in [0.4, 0.5) is 0 Å². The predicted octanol–water partition coefficient (Wildman–Crippen LogP) is 8.35. The van der Waals surface area contributed by atoms with Gasteiger partial charge in [0.1, 0.15) is 11.5 Å². The molecule has 218 valence electrons. The molecule has 0 amide bonds. The summed E-state index contributed by atoms with van der Waals surface area (Å²) < 4.78 is 11.6. The number of aryl methyl sites for hydroxylation is 1. The van der Waals surface area contributed by atoms with E-state index in [0.717, 1.165) is 44.0 Å². The van der Waals surface area contributed by atoms with E-state index in [1.165, 1.54) is 102 Å². The van der Waals surface area contributed by atoms with E-state index in [0.29, 0.717) is 5.92 Å². The number of benzene rings is 2. The lowest BCUT2D eigenvalue weighted by molar-refractivity contribution is 0.205. The van der Waals surface area contributed by atoms with Crippen LogP contribution in [0.5, 0.6) is 11.5 Å². The molecule has 2 heterocycles. The number of rotatable bonds is 14. The van der Waals surface area contributed by atoms with E-state index in [9.17, 15) is 0 Å². The maximum Gasteiger partial charge on any atom is 0.119 e. The molecular formula is C35H56N2O2. The Labute approximate surface area is 240 Å². The quantitative estimate of drug-likeness (QED) is 0.227. The van der Waals surface area contributed by atoms with Crippen LogP contribution in [0, 0.1) is 0 Å². The van der Waals surface area contributed by atoms with Gasteiger partial charge in [-0.1, -0.05) is 64.3 Å². The molecule has 39 heavy (non-hydrogen) atoms. The highest BCUT2D eigenvalue weighted by Gasteiger charge is 2.10. The molecule has 0 spiro atoms. The molecular weight excluding hydrogens is 480 g/mol. The third-order valence-electron chi connectivity index (χ3n) is 8.20. The van der Waals surface area contributed by atoms with Crippen molar-refractivity contribution < 1.29 is 9.47 Å². The summed E-state index contributed by atoms with van der Waals surface area (Å²) in [4.78, 5) is 5.14. The van der Waals surface area contributed by atoms with Crippen molar-refractivity contribution in [1.82, 2.24) is 9.80 Å². The molecule has 2 aromatic carbocycles. The topological polar surface area (TPSA) is 24.9 Å². The number of ether oxygens (including phenoxy) is 2. The highest BCUT2D eigenvalue weighted by Crippen LogP contribution is 2.21. The first-order valence-corrected chi connectivity index (χ1v) is 16.1. The van der Waals surface area contributed by atoms with Crippen molar-refractivity contribution in [2.45, 2.75) is 97.3 Å². The Morgan fingerprint density at radius 3 is 1.54 bits per heavy atom. The van der Waals surface area contributed by atoms with Crippen LogP contribution in [-0.4, -0.2) is 62.3 Å². The lowest BCUT2D eigenvalue weighted by Gasteiger charge is -2.26. The van der Waals surface area contributed by atoms with E-state index >= 15 is 0 Å². The summed E-state index contributed by atoms with van der Waals surface area (Å²) in [5.41, 5.74) is 2.82. The lowest BCUT2D eigenvalue weighted by atomic mass is 9.99. The zero-order valence-electron chi connectivity index (χ0n) is 25.3. The largest absolute Gasteiger partial charge is 0.494 e. The molecule has 0 aliphatic carbocycles. The summed E-state index contributed by atoms with van der Waals surface area (Å²) in [6.45, 7) is 15.9. The van der Waals surface area contributed by atoms with Crippen molar-refractivity contribution in [3.63, 3.8) is 0 Å². The average molecular weight is 537 g/mol. The molecule has 1 unspecified atom stereocenters. The van der Waals surface area contributed by atoms with Gasteiger partial charge in [0.05, 0.1) is 13.2 Å². The van der Waals surface area contributed by atoms with Gasteiger partial charge in [0.25, 0.3) is 0 Å². The van der Waals surface area contributed by atoms with Crippen LogP contribution >= 0.6 is 0 Å². The van der Waals surface area contributed by atoms with Crippen molar-refractivity contribution in [1.29, 1.82) is 0 Å². The molecule has 4 rings (SSSR count). The van der Waals surface area contributed by atoms with Crippen LogP contribution in [0.15, 0.2) is 48.5 Å². The van der Waals surface area contributed by atoms with Gasteiger partial charge in [0.15, 0.2) is 0 Å². The van der Waals surface area contributed by atoms with Gasteiger partial charge in [-0.25, -0.2) is 0 Å². The first kappa shape index (κ1) is 31.5. The summed E-state index contributed by atoms with van der Waals surface area (Å²) in [6, 6.07) is 17.2. The number of hydrogen-bond donors (Lipinski definition) is 0. The Bertz CT molecular complexity index is 855. The fourth-order valence-electron chi connectivity index (χ4n) is 5.49. The van der Waals surface area contributed by atoms with Crippen molar-refractivity contribution in [3.8, 4) is 11.5 Å². The Balaban J connectivity index is 0.000000216. The molecule has 4 heteroatoms. The number of nitrogens with zero attached hydrogens (tertiary/aromatic N) is 2. The van der Waals surface area contributed by atoms with Crippen molar-refractivity contribution >= 4 is 0 Å². The minimum Gasteiger partial charge on any atom is -0.494 e. The Hall–Kier alpha value is -2.04. The highest BCUT2D eigenvalue weighted by atomic mass is 16.5. The van der Waals surface area contributed by atoms with E-state index in [1.54, 1.807) is 0 Å². The Morgan fingerprint density at radius 2 is 1.10 bits per heavy atom. The van der Waals surface area contributed by atoms with Gasteiger partial charge >= 0.3 is 0 Å². The number of hydrogen-bond acceptors (Lipinski definition) is 4. The highest BCUT2D eigenvalue weighted by molar-refractivity contribution is 5.29. The first-order valence-electron chi connectivity index (χ1n) is 16.1. The summed E-state index contributed by atoms with van der Waals surface area (Å²) in [7, 11) is 0. The molecule has 2 fully saturated rings. The van der Waals surface area contributed by atoms with Gasteiger partial charge in [0, 0.05) is 13.1 Å². The van der Waals surface area contributed by atoms with E-state index in [4.69, 9.17) is 9.47 Å². The van der Waals surface area contributed by atoms with Gasteiger partial charge < -0.3 is 19.3 Å². The van der Waals surface area contributed by atoms with Crippen molar-refractivity contribution in [3.05, 3.63) is 59.7 Å². The van der Waals surface area contributed by atoms with E-state index in [1.807, 2.05) is 0 Å². The molecule has 0 bridgehead atoms. The maximum absolute atomic E-state index is 5.84. The van der Waals surface area contributed by atoms with E-state index in [2.05, 4.69) is 79.1 Å². The molecule has 0 N–H and O–H groups in total. The Morgan fingerprint density at radius 1 is 0.641 bits per heavy atom. The standard InChI is InChI=1S/C18H29NO.C17H27NO/c1-3-16(2)17-8-10-18(11-9-17)20-15-7-14-19-12-5-4-6-13-19;1-2-7-16-8-10-17(11-9-16)19-15-6-14-18-12-4-3-5-13-18/h8-11,16H,3-7,12-15H2,1-2H3;8-11H,2-7,12-15H2,1H3. The van der Waals surface area contributed by atoms with Crippen molar-refractivity contribution in [2.75, 3.05) is 52.5 Å². The maximum atomic E-state index is 5.84. The minimum absolute atomic E-state index is 0.642. The predicted molar refractivity (Wildman–Crippen MR) is 166 cm³/mol. The Kier molecular flexibility index (Phi) is 15.4. The molecule has 4 nitrogen and oxygen atoms in total. The van der Waals surface area contributed by atoms with Gasteiger partial charge in [-0.05, 0) is 119 Å². The molecule has 0 radical (unpaired) electrons. The van der Waals surface area contributed by atoms with Gasteiger partial charge in [-0.15, -0.1) is 0 Å². The van der Waals surface area contributed by atoms with Crippen molar-refractivity contribution in [2.24, 2.45) is 0 Å². The minimum atomic E-state index is 0.642. The molecule has 0 saturated carbocycles. The second-order valence-corrected chi connectivity index (χ2v) is 11.5. The second-order valence-electron chi connectivity index (χ2n) is 11.5. The van der Waals surface area contributed by atoms with Gasteiger partial charge in [-0.3, -0.25) is 0 Å². The normalized spacial score (nSPS) is 17.2. The molecule has 0 aromatic heterocycles. The molecule has 2 aliphatic heterocycles. The summed E-state index contributed by atoms with van der Waals surface area (Å²) in [6.07, 6.45) is 14.1. The van der Waals surface area contributed by atoms with Crippen LogP contribution < -0.4 is 9.47 Å². The SMILES string of the molecule is CCC(C)c1ccc(OCCCN2CCCCC2)cc1.CCCc1ccc(OCCCN2CCCCC2)cc1. The van der Waals surface area contributed by atoms with Crippen LogP contribution in [0.3, 0.4) is 0 Å². The monoisotopic (exact) mass is 536 g/mol. The van der Waals surface area contributed by atoms with E-state index in [-0.39, 0.29) is 0 Å². The fraction of sp³-hybridized carbons (Fsp3) is 0.657.